The number of hydrogen-bond donors (Lipinski definition) is 6. The van der Waals surface area contributed by atoms with Gasteiger partial charge < -0.3 is 70.7 Å². The van der Waals surface area contributed by atoms with E-state index in [0.717, 1.165) is 88.9 Å². The van der Waals surface area contributed by atoms with Gasteiger partial charge in [0, 0.05) is 103 Å². The Labute approximate surface area is 675 Å². The van der Waals surface area contributed by atoms with Gasteiger partial charge in [-0.25, -0.2) is 0 Å². The fourth-order valence-corrected chi connectivity index (χ4v) is 19.7. The summed E-state index contributed by atoms with van der Waals surface area (Å²) in [6.07, 6.45) is 11.0. The van der Waals surface area contributed by atoms with E-state index in [1.54, 1.807) is 91.0 Å². The van der Waals surface area contributed by atoms with Crippen molar-refractivity contribution in [2.75, 3.05) is 102 Å². The van der Waals surface area contributed by atoms with E-state index < -0.39 is 12.5 Å². The summed E-state index contributed by atoms with van der Waals surface area (Å²) in [4.78, 5) is 120. The number of benzene rings is 4. The first kappa shape index (κ1) is 80.4. The van der Waals surface area contributed by atoms with E-state index in [2.05, 4.69) is 69.1 Å². The molecular formula is C80H88Cl4N12O10S4. The zero-order valence-corrected chi connectivity index (χ0v) is 67.7. The van der Waals surface area contributed by atoms with Crippen LogP contribution in [0.5, 0.6) is 0 Å². The molecule has 6 atom stereocenters. The first-order valence-electron chi connectivity index (χ1n) is 37.1. The number of aliphatic hydroxyl groups is 2. The molecule has 30 heteroatoms. The van der Waals surface area contributed by atoms with Crippen LogP contribution in [0.1, 0.15) is 192 Å². The summed E-state index contributed by atoms with van der Waals surface area (Å²) in [6, 6.07) is 36.9. The molecule has 8 aromatic rings. The predicted octanol–water partition coefficient (Wildman–Crippen LogP) is 15.4. The van der Waals surface area contributed by atoms with E-state index in [9.17, 15) is 48.6 Å². The molecule has 4 aromatic carbocycles. The van der Waals surface area contributed by atoms with Crippen molar-refractivity contribution in [1.29, 1.82) is 0 Å². The summed E-state index contributed by atoms with van der Waals surface area (Å²) < 4.78 is 2.20. The smallest absolute Gasteiger partial charge is 0.265 e. The van der Waals surface area contributed by atoms with Crippen molar-refractivity contribution in [3.05, 3.63) is 203 Å². The molecule has 8 aliphatic heterocycles. The highest BCUT2D eigenvalue weighted by Gasteiger charge is 2.41. The van der Waals surface area contributed by atoms with Crippen LogP contribution < -0.4 is 21.3 Å². The van der Waals surface area contributed by atoms with Crippen LogP contribution in [-0.2, 0) is 13.1 Å². The number of fused-ring (bicyclic) bond motifs is 4. The van der Waals surface area contributed by atoms with Crippen molar-refractivity contribution in [2.24, 2.45) is 0 Å². The van der Waals surface area contributed by atoms with E-state index in [1.807, 2.05) is 40.1 Å². The molecule has 0 radical (unpaired) electrons. The van der Waals surface area contributed by atoms with Crippen LogP contribution in [0, 0.1) is 0 Å². The Bertz CT molecular complexity index is 4720. The van der Waals surface area contributed by atoms with Gasteiger partial charge >= 0.3 is 0 Å². The summed E-state index contributed by atoms with van der Waals surface area (Å²) in [5, 5.41) is 33.0. The number of hydrogen-bond acceptors (Lipinski definition) is 18. The van der Waals surface area contributed by atoms with Gasteiger partial charge in [-0.05, 0) is 222 Å². The number of carbonyl (C=O) groups is 8. The number of nitrogens with zero attached hydrogens (tertiary/aromatic N) is 8. The average Bonchev–Trinajstić information content (AvgIpc) is 1.62. The van der Waals surface area contributed by atoms with Gasteiger partial charge in [0.2, 0.25) is 0 Å². The molecule has 8 amide bonds. The third-order valence-electron chi connectivity index (χ3n) is 22.1. The quantitative estimate of drug-likeness (QED) is 0.0415. The number of anilines is 4. The molecule has 4 saturated heterocycles. The molecule has 110 heavy (non-hydrogen) atoms. The summed E-state index contributed by atoms with van der Waals surface area (Å²) in [7, 11) is 8.50. The van der Waals surface area contributed by atoms with E-state index in [-0.39, 0.29) is 47.3 Å². The molecule has 8 aliphatic rings. The third kappa shape index (κ3) is 18.4. The Hall–Kier alpha value is -7.64. The van der Waals surface area contributed by atoms with Crippen LogP contribution in [-0.4, -0.2) is 201 Å². The molecule has 0 saturated carbocycles. The highest BCUT2D eigenvalue weighted by Crippen LogP contribution is 2.41. The Morgan fingerprint density at radius 3 is 1.21 bits per heavy atom. The van der Waals surface area contributed by atoms with Crippen LogP contribution in [0.15, 0.2) is 121 Å². The van der Waals surface area contributed by atoms with Crippen LogP contribution in [0.25, 0.3) is 0 Å². The first-order valence-corrected chi connectivity index (χ1v) is 41.9. The second-order valence-corrected chi connectivity index (χ2v) is 35.8. The summed E-state index contributed by atoms with van der Waals surface area (Å²) in [6.45, 7) is 8.05. The topological polar surface area (TPSA) is 251 Å². The lowest BCUT2D eigenvalue weighted by Gasteiger charge is -2.25. The van der Waals surface area contributed by atoms with Crippen molar-refractivity contribution in [1.82, 2.24) is 39.2 Å². The number of nitrogens with one attached hydrogen (secondary N) is 4. The minimum atomic E-state index is -1.06. The molecule has 0 aliphatic carbocycles. The number of thiophene rings is 4. The minimum Gasteiger partial charge on any atom is -0.369 e. The maximum absolute atomic E-state index is 13.0. The normalized spacial score (nSPS) is 20.8. The molecule has 580 valence electrons. The van der Waals surface area contributed by atoms with Crippen LogP contribution in [0.4, 0.5) is 22.7 Å². The highest BCUT2D eigenvalue weighted by molar-refractivity contribution is 7.19. The van der Waals surface area contributed by atoms with Gasteiger partial charge in [-0.15, -0.1) is 45.3 Å². The molecular weight excluding hydrogens is 1560 g/mol. The van der Waals surface area contributed by atoms with Gasteiger partial charge in [-0.2, -0.15) is 0 Å². The largest absolute Gasteiger partial charge is 0.369 e. The molecule has 16 rings (SSSR count). The van der Waals surface area contributed by atoms with Crippen LogP contribution in [0.3, 0.4) is 0 Å². The number of aliphatic hydroxyl groups excluding tert-OH is 2. The van der Waals surface area contributed by atoms with Gasteiger partial charge in [-0.1, -0.05) is 82.8 Å². The molecule has 6 N–H and O–H groups in total. The molecule has 6 unspecified atom stereocenters. The number of halogens is 4. The molecule has 0 spiro atoms. The highest BCUT2D eigenvalue weighted by atomic mass is 35.5. The minimum absolute atomic E-state index is 0.00534. The Kier molecular flexibility index (Phi) is 26.3. The number of amides is 8. The first-order chi connectivity index (χ1) is 53.0. The Balaban J connectivity index is 0.000000129. The lowest BCUT2D eigenvalue weighted by molar-refractivity contribution is 0.0141. The van der Waals surface area contributed by atoms with Crippen molar-refractivity contribution in [2.45, 2.75) is 127 Å². The molecule has 4 aromatic heterocycles. The molecule has 0 bridgehead atoms. The van der Waals surface area contributed by atoms with Gasteiger partial charge in [-0.3, -0.25) is 38.4 Å². The number of likely N-dealkylation sites (tertiary alicyclic amines) is 4. The van der Waals surface area contributed by atoms with Gasteiger partial charge in [0.25, 0.3) is 47.3 Å². The van der Waals surface area contributed by atoms with Crippen LogP contribution in [0.2, 0.25) is 17.3 Å². The third-order valence-corrected chi connectivity index (χ3v) is 27.0. The SMILES string of the molecule is CN1CCCC1CCN1C(=O)c2c(NC(=O)c3ccc(Cl)s3)cccc2C1O.CN1CCCC1CCN1C(=O)c2cccc(NC(=O)c3ccc(Cl)s3)c2C1O.CN1CCCC1CCN1Cc2c(NC(=O)c3ccc(Cl)s3)cccc2C1=O.CN1CCCC1CCN1Cc2cccc(NC(=O)c3ccc(Cl)s3)c2C1=O. The fourth-order valence-electron chi connectivity index (χ4n) is 16.0. The predicted molar refractivity (Wildman–Crippen MR) is 437 cm³/mol. The van der Waals surface area contributed by atoms with Crippen LogP contribution >= 0.6 is 91.8 Å². The molecule has 22 nitrogen and oxygen atoms in total. The van der Waals surface area contributed by atoms with E-state index >= 15 is 0 Å². The zero-order chi connectivity index (χ0) is 77.6. The summed E-state index contributed by atoms with van der Waals surface area (Å²) in [5.41, 5.74) is 7.13. The van der Waals surface area contributed by atoms with Gasteiger partial charge in [0.05, 0.1) is 59.4 Å². The zero-order valence-electron chi connectivity index (χ0n) is 61.5. The van der Waals surface area contributed by atoms with E-state index in [1.165, 1.54) is 93.7 Å². The Morgan fingerprint density at radius 2 is 0.773 bits per heavy atom. The monoisotopic (exact) mass is 1640 g/mol. The van der Waals surface area contributed by atoms with E-state index in [0.29, 0.717) is 143 Å². The van der Waals surface area contributed by atoms with E-state index in [4.69, 9.17) is 46.4 Å². The Morgan fingerprint density at radius 1 is 0.400 bits per heavy atom. The summed E-state index contributed by atoms with van der Waals surface area (Å²) in [5.74, 6) is -1.44. The standard InChI is InChI=1S/2C20H22ClN3O3S.2C20H22ClN3O2S/c2*1-23-10-3-4-12(23)9-11-24-19(26)13-5-2-6-14(17(13)20(24)27)22-18(25)15-7-8-16(21)28-15;1-23-10-3-4-13(23)9-11-24-12-15-14(20(24)26)5-2-6-16(15)22-19(25)17-7-8-18(21)27-17;1-23-10-3-5-14(23)9-11-24-12-13-4-2-6-15(18(13)20(24)26)22-19(25)16-7-8-17(21)27-16/h2,5-8,12,20,27H,3-4,9-11H2,1H3,(H,22,25);2,5-8,12,19,26H,3-4,9-11H2,1H3,(H,22,25);2,5-8,13H,3-4,9-12H2,1H3,(H,22,25);2,4,6-8,14H,3,5,9-12H2,1H3,(H,22,25). The average molecular weight is 1650 g/mol. The van der Waals surface area contributed by atoms with Gasteiger partial charge in [0.15, 0.2) is 12.5 Å². The maximum Gasteiger partial charge on any atom is 0.265 e. The number of rotatable bonds is 20. The molecule has 12 heterocycles. The van der Waals surface area contributed by atoms with Crippen molar-refractivity contribution < 1.29 is 48.6 Å². The van der Waals surface area contributed by atoms with Crippen molar-refractivity contribution in [3.63, 3.8) is 0 Å². The second kappa shape index (κ2) is 36.0. The lowest BCUT2D eigenvalue weighted by Crippen LogP contribution is -2.34. The summed E-state index contributed by atoms with van der Waals surface area (Å²) >= 11 is 28.5. The molecule has 4 fully saturated rings. The number of carbonyl (C=O) groups excluding carboxylic acids is 8. The second-order valence-electron chi connectivity index (χ2n) is 28.9. The van der Waals surface area contributed by atoms with Crippen molar-refractivity contribution >= 4 is 162 Å². The fraction of sp³-hybridized carbons (Fsp3) is 0.400. The van der Waals surface area contributed by atoms with Crippen molar-refractivity contribution in [3.8, 4) is 0 Å². The maximum atomic E-state index is 13.0. The lowest BCUT2D eigenvalue weighted by atomic mass is 10.1. The van der Waals surface area contributed by atoms with Gasteiger partial charge in [0.1, 0.15) is 0 Å².